The first-order valence-corrected chi connectivity index (χ1v) is 16.3. The summed E-state index contributed by atoms with van der Waals surface area (Å²) >= 11 is 0. The van der Waals surface area contributed by atoms with Crippen molar-refractivity contribution in [3.8, 4) is 0 Å². The Morgan fingerprint density at radius 3 is 1.54 bits per heavy atom. The van der Waals surface area contributed by atoms with Crippen molar-refractivity contribution in [1.29, 1.82) is 0 Å². The molecule has 9 rings (SSSR count). The highest BCUT2D eigenvalue weighted by atomic mass is 31.1. The number of fused-ring (bicyclic) bond motifs is 9. The zero-order chi connectivity index (χ0) is 30.9. The van der Waals surface area contributed by atoms with Gasteiger partial charge in [0, 0.05) is 33.0 Å². The Morgan fingerprint density at radius 2 is 1.07 bits per heavy atom. The van der Waals surface area contributed by atoms with Crippen molar-refractivity contribution < 1.29 is 22.9 Å². The highest BCUT2D eigenvalue weighted by molar-refractivity contribution is 7.30. The van der Waals surface area contributed by atoms with Crippen LogP contribution in [0.1, 0.15) is 24.0 Å². The van der Waals surface area contributed by atoms with Crippen LogP contribution in [0.3, 0.4) is 0 Å². The van der Waals surface area contributed by atoms with E-state index in [0.29, 0.717) is 35.2 Å². The molecule has 0 fully saturated rings. The zero-order valence-corrected chi connectivity index (χ0v) is 25.4. The van der Waals surface area contributed by atoms with Gasteiger partial charge in [0.2, 0.25) is 0 Å². The summed E-state index contributed by atoms with van der Waals surface area (Å²) in [4.78, 5) is 37.3. The molecule has 0 atom stereocenters. The fraction of sp³-hybridized carbons (Fsp3) is 0.0500. The Bertz CT molecular complexity index is 2380. The maximum atomic E-state index is 12.9. The lowest BCUT2D eigenvalue weighted by Gasteiger charge is -2.21. The molecule has 46 heavy (non-hydrogen) atoms. The molecule has 4 aliphatic carbocycles. The largest absolute Gasteiger partial charge is 0.398 e. The van der Waals surface area contributed by atoms with Crippen molar-refractivity contribution in [2.75, 3.05) is 0 Å². The molecule has 0 saturated carbocycles. The smallest absolute Gasteiger partial charge is 0.384 e. The maximum absolute atomic E-state index is 12.9. The average molecular weight is 617 g/mol. The van der Waals surface area contributed by atoms with Crippen LogP contribution in [0.2, 0.25) is 0 Å². The lowest BCUT2D eigenvalue weighted by Crippen LogP contribution is -2.10. The van der Waals surface area contributed by atoms with E-state index in [0.717, 1.165) is 65.7 Å². The molecule has 0 amide bonds. The van der Waals surface area contributed by atoms with Crippen LogP contribution in [-0.2, 0) is 9.59 Å². The Hall–Kier alpha value is -5.48. The molecule has 0 unspecified atom stereocenters. The number of carbonyl (C=O) groups is 2. The Morgan fingerprint density at radius 1 is 0.609 bits per heavy atom. The van der Waals surface area contributed by atoms with Crippen LogP contribution in [0.4, 0.5) is 0 Å². The molecule has 6 heteroatoms. The fourth-order valence-electron chi connectivity index (χ4n) is 7.21. The van der Waals surface area contributed by atoms with Crippen LogP contribution in [0, 0.1) is 0 Å². The van der Waals surface area contributed by atoms with Gasteiger partial charge in [0.1, 0.15) is 0 Å². The number of hydrogen-bond acceptors (Lipinski definition) is 5. The van der Waals surface area contributed by atoms with Gasteiger partial charge in [-0.3, -0.25) is 14.5 Å². The average Bonchev–Trinajstić information content (AvgIpc) is 3.25. The maximum Gasteiger partial charge on any atom is 0.384 e. The van der Waals surface area contributed by atoms with Gasteiger partial charge in [-0.2, -0.15) is 0 Å². The highest BCUT2D eigenvalue weighted by Gasteiger charge is 2.27. The predicted molar refractivity (Wildman–Crippen MR) is 185 cm³/mol. The Kier molecular flexibility index (Phi) is 6.01. The summed E-state index contributed by atoms with van der Waals surface area (Å²) in [6.45, 7) is 0. The van der Waals surface area contributed by atoms with E-state index in [9.17, 15) is 14.5 Å². The van der Waals surface area contributed by atoms with Gasteiger partial charge in [-0.05, 0) is 81.0 Å². The lowest BCUT2D eigenvalue weighted by atomic mass is 9.81. The number of benzene rings is 4. The van der Waals surface area contributed by atoms with Gasteiger partial charge in [0.05, 0.1) is 0 Å². The van der Waals surface area contributed by atoms with Crippen LogP contribution < -0.4 is 0 Å². The standard InChI is InChI=1S/C40H25O5P/c41-35-19-17-29(27-13-5-7-15-31(27)35)33-21-23-9-1-3-11-25(23)37-38-26-12-4-2-10-24(26)22-34(40(38)45-46(43)44-39(33)37)30-18-20-36(42)32-16-8-6-14-28(30)32/h1-12,15-22,43H,13-14H2. The molecule has 0 saturated heterocycles. The number of allylic oxidation sites excluding steroid dienone is 16. The third-order valence-electron chi connectivity index (χ3n) is 9.25. The van der Waals surface area contributed by atoms with Crippen molar-refractivity contribution >= 4 is 74.4 Å². The van der Waals surface area contributed by atoms with E-state index in [2.05, 4.69) is 36.4 Å². The van der Waals surface area contributed by atoms with Crippen molar-refractivity contribution in [1.82, 2.24) is 0 Å². The SMILES string of the molecule is O=C1C=CC(c2cc3ccccc3c3c2op(O)oc2c(C4=C5CC=CC=C5C(=O)C=C4)cc4ccccc4c23)=C2CC=CC=C12. The molecular weight excluding hydrogens is 591 g/mol. The molecule has 4 aromatic carbocycles. The summed E-state index contributed by atoms with van der Waals surface area (Å²) in [6, 6.07) is 20.5. The minimum atomic E-state index is -2.42. The molecular formula is C40H25O5P. The normalized spacial score (nSPS) is 17.3. The third-order valence-corrected chi connectivity index (χ3v) is 9.93. The van der Waals surface area contributed by atoms with E-state index in [4.69, 9.17) is 8.39 Å². The van der Waals surface area contributed by atoms with Crippen LogP contribution in [0.5, 0.6) is 0 Å². The molecule has 0 bridgehead atoms. The molecule has 1 N–H and O–H groups in total. The van der Waals surface area contributed by atoms with Crippen molar-refractivity contribution in [2.45, 2.75) is 12.8 Å². The van der Waals surface area contributed by atoms with Gasteiger partial charge < -0.3 is 8.39 Å². The van der Waals surface area contributed by atoms with Gasteiger partial charge in [0.15, 0.2) is 22.7 Å². The first-order valence-electron chi connectivity index (χ1n) is 15.2. The molecule has 220 valence electrons. The first-order chi connectivity index (χ1) is 22.6. The Balaban J connectivity index is 1.51. The summed E-state index contributed by atoms with van der Waals surface area (Å²) in [7, 11) is -2.42. The topological polar surface area (TPSA) is 80.7 Å². The number of ketones is 2. The highest BCUT2D eigenvalue weighted by Crippen LogP contribution is 2.47. The second-order valence-corrected chi connectivity index (χ2v) is 12.6. The van der Waals surface area contributed by atoms with Crippen molar-refractivity contribution in [3.63, 3.8) is 0 Å². The van der Waals surface area contributed by atoms with E-state index in [1.54, 1.807) is 12.2 Å². The summed E-state index contributed by atoms with van der Waals surface area (Å²) in [5, 5.41) is 5.52. The van der Waals surface area contributed by atoms with Gasteiger partial charge in [-0.25, -0.2) is 0 Å². The number of rotatable bonds is 2. The molecule has 5 aromatic rings. The molecule has 1 heterocycles. The van der Waals surface area contributed by atoms with Gasteiger partial charge >= 0.3 is 8.24 Å². The molecule has 0 radical (unpaired) electrons. The summed E-state index contributed by atoms with van der Waals surface area (Å²) in [5.41, 5.74) is 7.55. The summed E-state index contributed by atoms with van der Waals surface area (Å²) < 4.78 is 12.9. The molecule has 0 spiro atoms. The van der Waals surface area contributed by atoms with Crippen LogP contribution in [0.25, 0.3) is 54.6 Å². The van der Waals surface area contributed by atoms with Crippen molar-refractivity contribution in [3.05, 3.63) is 155 Å². The van der Waals surface area contributed by atoms with E-state index in [-0.39, 0.29) is 11.6 Å². The van der Waals surface area contributed by atoms with Gasteiger partial charge in [-0.1, -0.05) is 97.1 Å². The summed E-state index contributed by atoms with van der Waals surface area (Å²) in [6.07, 6.45) is 19.8. The van der Waals surface area contributed by atoms with E-state index in [1.807, 2.05) is 72.9 Å². The minimum Gasteiger partial charge on any atom is -0.398 e. The summed E-state index contributed by atoms with van der Waals surface area (Å²) in [5.74, 6) is -0.0479. The van der Waals surface area contributed by atoms with Crippen LogP contribution >= 0.6 is 8.24 Å². The van der Waals surface area contributed by atoms with Gasteiger partial charge in [0.25, 0.3) is 0 Å². The Labute approximate surface area is 264 Å². The second-order valence-electron chi connectivity index (χ2n) is 11.7. The molecule has 0 aliphatic heterocycles. The second kappa shape index (κ2) is 10.3. The first kappa shape index (κ1) is 26.9. The third kappa shape index (κ3) is 3.99. The molecule has 5 nitrogen and oxygen atoms in total. The van der Waals surface area contributed by atoms with E-state index < -0.39 is 8.24 Å². The van der Waals surface area contributed by atoms with Crippen LogP contribution in [-0.4, -0.2) is 16.5 Å². The van der Waals surface area contributed by atoms with E-state index in [1.165, 1.54) is 0 Å². The minimum absolute atomic E-state index is 0.0239. The fourth-order valence-corrected chi connectivity index (χ4v) is 7.94. The quantitative estimate of drug-likeness (QED) is 0.214. The number of hydrogen-bond donors (Lipinski definition) is 1. The van der Waals surface area contributed by atoms with Crippen LogP contribution in [0.15, 0.2) is 152 Å². The monoisotopic (exact) mass is 616 g/mol. The van der Waals surface area contributed by atoms with Crippen molar-refractivity contribution in [2.24, 2.45) is 0 Å². The number of carbonyl (C=O) groups excluding carboxylic acids is 2. The predicted octanol–water partition coefficient (Wildman–Crippen LogP) is 9.91. The lowest BCUT2D eigenvalue weighted by molar-refractivity contribution is -0.112. The zero-order valence-electron chi connectivity index (χ0n) is 24.5. The molecule has 4 aliphatic rings. The molecule has 1 aromatic heterocycles. The van der Waals surface area contributed by atoms with Gasteiger partial charge in [-0.15, -0.1) is 0 Å². The van der Waals surface area contributed by atoms with E-state index >= 15 is 0 Å².